The van der Waals surface area contributed by atoms with Crippen LogP contribution >= 0.6 is 24.0 Å². The molecule has 1 heterocycles. The van der Waals surface area contributed by atoms with Crippen molar-refractivity contribution in [3.8, 4) is 0 Å². The lowest BCUT2D eigenvalue weighted by Crippen LogP contribution is -1.95. The SMILES string of the molecule is Nc1ccc2sc(S)cc2c1[N+](=O)[O-]. The Kier molecular flexibility index (Phi) is 2.09. The molecule has 4 nitrogen and oxygen atoms in total. The lowest BCUT2D eigenvalue weighted by atomic mass is 10.2. The Balaban J connectivity index is 2.88. The van der Waals surface area contributed by atoms with Crippen LogP contribution in [0, 0.1) is 10.1 Å². The number of nitro groups is 1. The molecule has 0 fully saturated rings. The maximum atomic E-state index is 10.8. The van der Waals surface area contributed by atoms with E-state index in [1.165, 1.54) is 11.3 Å². The smallest absolute Gasteiger partial charge is 0.300 e. The Morgan fingerprint density at radius 2 is 2.21 bits per heavy atom. The summed E-state index contributed by atoms with van der Waals surface area (Å²) in [6, 6.07) is 4.98. The molecule has 0 aliphatic rings. The highest BCUT2D eigenvalue weighted by Crippen LogP contribution is 2.37. The van der Waals surface area contributed by atoms with Crippen LogP contribution in [-0.4, -0.2) is 4.92 Å². The summed E-state index contributed by atoms with van der Waals surface area (Å²) in [7, 11) is 0. The van der Waals surface area contributed by atoms with E-state index < -0.39 is 4.92 Å². The van der Waals surface area contributed by atoms with Crippen LogP contribution in [0.2, 0.25) is 0 Å². The van der Waals surface area contributed by atoms with E-state index >= 15 is 0 Å². The van der Waals surface area contributed by atoms with Gasteiger partial charge in [0.1, 0.15) is 5.69 Å². The molecule has 0 unspecified atom stereocenters. The zero-order chi connectivity index (χ0) is 10.3. The number of fused-ring (bicyclic) bond motifs is 1. The molecule has 14 heavy (non-hydrogen) atoms. The lowest BCUT2D eigenvalue weighted by Gasteiger charge is -1.97. The molecule has 0 saturated heterocycles. The Bertz CT molecular complexity index is 521. The van der Waals surface area contributed by atoms with Gasteiger partial charge in [0.25, 0.3) is 0 Å². The first-order chi connectivity index (χ1) is 6.59. The number of thiol groups is 1. The monoisotopic (exact) mass is 226 g/mol. The summed E-state index contributed by atoms with van der Waals surface area (Å²) in [5.41, 5.74) is 5.69. The third-order valence-corrected chi connectivity index (χ3v) is 3.18. The molecule has 0 spiro atoms. The highest BCUT2D eigenvalue weighted by atomic mass is 32.2. The normalized spacial score (nSPS) is 10.6. The van der Waals surface area contributed by atoms with Crippen molar-refractivity contribution in [1.82, 2.24) is 0 Å². The average molecular weight is 226 g/mol. The van der Waals surface area contributed by atoms with Crippen molar-refractivity contribution >= 4 is 45.4 Å². The van der Waals surface area contributed by atoms with E-state index in [0.717, 1.165) is 8.91 Å². The molecule has 0 aliphatic carbocycles. The first-order valence-electron chi connectivity index (χ1n) is 3.75. The zero-order valence-corrected chi connectivity index (χ0v) is 8.64. The van der Waals surface area contributed by atoms with E-state index in [-0.39, 0.29) is 11.4 Å². The van der Waals surface area contributed by atoms with Crippen LogP contribution in [0.3, 0.4) is 0 Å². The van der Waals surface area contributed by atoms with E-state index in [1.807, 2.05) is 0 Å². The minimum Gasteiger partial charge on any atom is -0.393 e. The number of benzene rings is 1. The standard InChI is InChI=1S/C8H6N2O2S2/c9-5-1-2-6-4(3-7(13)14-6)8(5)10(11)12/h1-3,13H,9H2. The second-order valence-corrected chi connectivity index (χ2v) is 4.63. The minimum atomic E-state index is -0.461. The van der Waals surface area contributed by atoms with E-state index in [1.54, 1.807) is 18.2 Å². The van der Waals surface area contributed by atoms with Gasteiger partial charge in [-0.3, -0.25) is 10.1 Å². The molecule has 1 aromatic carbocycles. The molecule has 6 heteroatoms. The van der Waals surface area contributed by atoms with Gasteiger partial charge in [-0.15, -0.1) is 24.0 Å². The van der Waals surface area contributed by atoms with Crippen molar-refractivity contribution in [2.75, 3.05) is 5.73 Å². The molecule has 0 aliphatic heterocycles. The van der Waals surface area contributed by atoms with Crippen LogP contribution in [0.4, 0.5) is 11.4 Å². The molecule has 0 radical (unpaired) electrons. The highest BCUT2D eigenvalue weighted by molar-refractivity contribution is 7.83. The Morgan fingerprint density at radius 1 is 1.50 bits per heavy atom. The van der Waals surface area contributed by atoms with Crippen LogP contribution in [0.15, 0.2) is 22.4 Å². The summed E-state index contributed by atoms with van der Waals surface area (Å²) in [4.78, 5) is 10.3. The Morgan fingerprint density at radius 3 is 2.86 bits per heavy atom. The fourth-order valence-electron chi connectivity index (χ4n) is 1.30. The zero-order valence-electron chi connectivity index (χ0n) is 6.93. The molecule has 0 saturated carbocycles. The summed E-state index contributed by atoms with van der Waals surface area (Å²) < 4.78 is 1.57. The van der Waals surface area contributed by atoms with Gasteiger partial charge in [0.15, 0.2) is 0 Å². The third-order valence-electron chi connectivity index (χ3n) is 1.87. The highest BCUT2D eigenvalue weighted by Gasteiger charge is 2.17. The van der Waals surface area contributed by atoms with Gasteiger partial charge in [-0.25, -0.2) is 0 Å². The molecule has 2 rings (SSSR count). The molecule has 0 bridgehead atoms. The van der Waals surface area contributed by atoms with Crippen molar-refractivity contribution in [3.63, 3.8) is 0 Å². The number of nitrogens with zero attached hydrogens (tertiary/aromatic N) is 1. The van der Waals surface area contributed by atoms with E-state index in [9.17, 15) is 10.1 Å². The number of rotatable bonds is 1. The second kappa shape index (κ2) is 3.14. The van der Waals surface area contributed by atoms with Gasteiger partial charge in [0.05, 0.1) is 14.5 Å². The van der Waals surface area contributed by atoms with Gasteiger partial charge in [-0.05, 0) is 18.2 Å². The largest absolute Gasteiger partial charge is 0.393 e. The van der Waals surface area contributed by atoms with Crippen LogP contribution in [0.5, 0.6) is 0 Å². The van der Waals surface area contributed by atoms with Crippen LogP contribution in [0.25, 0.3) is 10.1 Å². The molecular formula is C8H6N2O2S2. The van der Waals surface area contributed by atoms with Gasteiger partial charge in [-0.2, -0.15) is 0 Å². The quantitative estimate of drug-likeness (QED) is 0.340. The first kappa shape index (κ1) is 9.29. The van der Waals surface area contributed by atoms with Gasteiger partial charge in [0, 0.05) is 4.70 Å². The molecule has 0 amide bonds. The molecule has 0 atom stereocenters. The number of thiophene rings is 1. The van der Waals surface area contributed by atoms with Gasteiger partial charge in [-0.1, -0.05) is 0 Å². The average Bonchev–Trinajstić information content (AvgIpc) is 2.43. The molecule has 2 aromatic rings. The predicted octanol–water partition coefficient (Wildman–Crippen LogP) is 2.68. The van der Waals surface area contributed by atoms with Crippen LogP contribution < -0.4 is 5.73 Å². The minimum absolute atomic E-state index is 0.0287. The summed E-state index contributed by atoms with van der Waals surface area (Å²) in [6.45, 7) is 0. The third kappa shape index (κ3) is 1.32. The van der Waals surface area contributed by atoms with Crippen molar-refractivity contribution in [3.05, 3.63) is 28.3 Å². The molecular weight excluding hydrogens is 220 g/mol. The van der Waals surface area contributed by atoms with Crippen LogP contribution in [-0.2, 0) is 0 Å². The van der Waals surface area contributed by atoms with Gasteiger partial charge in [0.2, 0.25) is 0 Å². The fourth-order valence-corrected chi connectivity index (χ4v) is 2.53. The van der Waals surface area contributed by atoms with Gasteiger partial charge >= 0.3 is 5.69 Å². The lowest BCUT2D eigenvalue weighted by molar-refractivity contribution is -0.382. The summed E-state index contributed by atoms with van der Waals surface area (Å²) in [5.74, 6) is 0. The van der Waals surface area contributed by atoms with Crippen molar-refractivity contribution in [2.45, 2.75) is 4.21 Å². The predicted molar refractivity (Wildman–Crippen MR) is 60.1 cm³/mol. The van der Waals surface area contributed by atoms with E-state index in [2.05, 4.69) is 12.6 Å². The summed E-state index contributed by atoms with van der Waals surface area (Å²) in [6.07, 6.45) is 0. The fraction of sp³-hybridized carbons (Fsp3) is 0. The Hall–Kier alpha value is -1.27. The topological polar surface area (TPSA) is 69.2 Å². The molecule has 72 valence electrons. The number of nitrogens with two attached hydrogens (primary N) is 1. The number of nitro benzene ring substituents is 1. The summed E-state index contributed by atoms with van der Waals surface area (Å²) in [5, 5.41) is 11.3. The van der Waals surface area contributed by atoms with Crippen molar-refractivity contribution in [1.29, 1.82) is 0 Å². The van der Waals surface area contributed by atoms with Crippen molar-refractivity contribution < 1.29 is 4.92 Å². The van der Waals surface area contributed by atoms with Gasteiger partial charge < -0.3 is 5.73 Å². The number of hydrogen-bond acceptors (Lipinski definition) is 5. The van der Waals surface area contributed by atoms with Crippen molar-refractivity contribution in [2.24, 2.45) is 0 Å². The maximum Gasteiger partial charge on any atom is 0.300 e. The number of nitrogen functional groups attached to an aromatic ring is 1. The van der Waals surface area contributed by atoms with E-state index in [0.29, 0.717) is 5.39 Å². The maximum absolute atomic E-state index is 10.8. The van der Waals surface area contributed by atoms with E-state index in [4.69, 9.17) is 5.73 Å². The second-order valence-electron chi connectivity index (χ2n) is 2.76. The Labute approximate surface area is 88.9 Å². The molecule has 1 aromatic heterocycles. The first-order valence-corrected chi connectivity index (χ1v) is 5.01. The number of anilines is 1. The molecule has 2 N–H and O–H groups in total. The number of hydrogen-bond donors (Lipinski definition) is 2. The summed E-state index contributed by atoms with van der Waals surface area (Å²) >= 11 is 5.54. The van der Waals surface area contributed by atoms with Crippen LogP contribution in [0.1, 0.15) is 0 Å².